The molecule has 0 saturated carbocycles. The van der Waals surface area contributed by atoms with Gasteiger partial charge in [0.1, 0.15) is 18.3 Å². The van der Waals surface area contributed by atoms with Crippen LogP contribution in [0.1, 0.15) is 7.43 Å². The molecule has 2 atom stereocenters. The number of hydrogen-bond donors (Lipinski definition) is 5. The van der Waals surface area contributed by atoms with E-state index in [0.717, 1.165) is 0 Å². The first-order chi connectivity index (χ1) is 4.63. The van der Waals surface area contributed by atoms with Gasteiger partial charge in [-0.15, -0.1) is 0 Å². The maximum Gasteiger partial charge on any atom is 0.110 e. The molecule has 0 bridgehead atoms. The lowest BCUT2D eigenvalue weighted by molar-refractivity contribution is -0.0900. The van der Waals surface area contributed by atoms with Crippen LogP contribution in [0.3, 0.4) is 0 Å². The third kappa shape index (κ3) is 4.28. The zero-order valence-electron chi connectivity index (χ0n) is 5.38. The fraction of sp³-hybridized carbons (Fsp3) is 1.00. The van der Waals surface area contributed by atoms with E-state index in [1.807, 2.05) is 0 Å². The molecular weight excluding hydrogens is 152 g/mol. The van der Waals surface area contributed by atoms with Crippen LogP contribution < -0.4 is 0 Å². The highest BCUT2D eigenvalue weighted by atomic mass is 16.4. The van der Waals surface area contributed by atoms with Gasteiger partial charge in [0.15, 0.2) is 0 Å². The Morgan fingerprint density at radius 2 is 1.09 bits per heavy atom. The van der Waals surface area contributed by atoms with Gasteiger partial charge in [-0.05, 0) is 0 Å². The fourth-order valence-corrected chi connectivity index (χ4v) is 0.472. The first-order valence-electron chi connectivity index (χ1n) is 2.89. The second-order valence-electron chi connectivity index (χ2n) is 1.99. The van der Waals surface area contributed by atoms with Gasteiger partial charge in [-0.2, -0.15) is 0 Å². The molecule has 70 valence electrons. The van der Waals surface area contributed by atoms with Gasteiger partial charge >= 0.3 is 0 Å². The summed E-state index contributed by atoms with van der Waals surface area (Å²) in [6.07, 6.45) is -4.29. The molecule has 0 rings (SSSR count). The highest BCUT2D eigenvalue weighted by Crippen LogP contribution is 1.97. The number of aliphatic hydroxyl groups is 5. The molecular formula is C6H16O5. The minimum Gasteiger partial charge on any atom is -0.394 e. The smallest absolute Gasteiger partial charge is 0.110 e. The van der Waals surface area contributed by atoms with Crippen LogP contribution in [-0.2, 0) is 0 Å². The summed E-state index contributed by atoms with van der Waals surface area (Å²) in [5, 5.41) is 42.6. The first-order valence-corrected chi connectivity index (χ1v) is 2.89. The van der Waals surface area contributed by atoms with Crippen LogP contribution >= 0.6 is 0 Å². The minimum atomic E-state index is -1.49. The topological polar surface area (TPSA) is 101 Å². The summed E-state index contributed by atoms with van der Waals surface area (Å²) in [5.41, 5.74) is 0. The number of aliphatic hydroxyl groups excluding tert-OH is 5. The Kier molecular flexibility index (Phi) is 7.92. The van der Waals surface area contributed by atoms with E-state index in [9.17, 15) is 0 Å². The summed E-state index contributed by atoms with van der Waals surface area (Å²) in [5.74, 6) is 0. The molecule has 2 unspecified atom stereocenters. The second kappa shape index (κ2) is 6.51. The van der Waals surface area contributed by atoms with Crippen molar-refractivity contribution in [2.45, 2.75) is 25.7 Å². The van der Waals surface area contributed by atoms with Crippen molar-refractivity contribution in [3.63, 3.8) is 0 Å². The van der Waals surface area contributed by atoms with Crippen LogP contribution in [-0.4, -0.2) is 57.1 Å². The molecule has 0 aliphatic heterocycles. The highest BCUT2D eigenvalue weighted by molar-refractivity contribution is 4.73. The SMILES string of the molecule is C.OCC(O)C(O)C(O)CO. The molecule has 5 nitrogen and oxygen atoms in total. The van der Waals surface area contributed by atoms with E-state index in [1.165, 1.54) is 0 Å². The molecule has 0 aromatic rings. The van der Waals surface area contributed by atoms with Gasteiger partial charge in [0.25, 0.3) is 0 Å². The summed E-state index contributed by atoms with van der Waals surface area (Å²) in [7, 11) is 0. The largest absolute Gasteiger partial charge is 0.394 e. The standard InChI is InChI=1S/C5H12O5.CH4/c6-1-3(8)5(10)4(9)2-7;/h3-10H,1-2H2;1H4. The van der Waals surface area contributed by atoms with E-state index < -0.39 is 31.5 Å². The van der Waals surface area contributed by atoms with E-state index in [4.69, 9.17) is 25.5 Å². The Morgan fingerprint density at radius 1 is 0.818 bits per heavy atom. The van der Waals surface area contributed by atoms with E-state index in [1.54, 1.807) is 0 Å². The third-order valence-corrected chi connectivity index (χ3v) is 1.16. The summed E-state index contributed by atoms with van der Waals surface area (Å²) in [6.45, 7) is -1.28. The molecule has 0 aromatic heterocycles. The lowest BCUT2D eigenvalue weighted by Gasteiger charge is -2.19. The molecule has 0 saturated heterocycles. The number of hydrogen-bond acceptors (Lipinski definition) is 5. The molecule has 0 heterocycles. The van der Waals surface area contributed by atoms with Gasteiger partial charge in [-0.3, -0.25) is 0 Å². The van der Waals surface area contributed by atoms with Crippen LogP contribution in [0.4, 0.5) is 0 Å². The van der Waals surface area contributed by atoms with Gasteiger partial charge in [-0.1, -0.05) is 7.43 Å². The Hall–Kier alpha value is -0.200. The summed E-state index contributed by atoms with van der Waals surface area (Å²) < 4.78 is 0. The highest BCUT2D eigenvalue weighted by Gasteiger charge is 2.22. The van der Waals surface area contributed by atoms with Crippen molar-refractivity contribution in [1.29, 1.82) is 0 Å². The predicted octanol–water partition coefficient (Wildman–Crippen LogP) is -2.31. The van der Waals surface area contributed by atoms with Crippen molar-refractivity contribution >= 4 is 0 Å². The Morgan fingerprint density at radius 3 is 1.27 bits per heavy atom. The van der Waals surface area contributed by atoms with Crippen molar-refractivity contribution in [2.24, 2.45) is 0 Å². The van der Waals surface area contributed by atoms with Crippen molar-refractivity contribution in [2.75, 3.05) is 13.2 Å². The molecule has 5 heteroatoms. The van der Waals surface area contributed by atoms with Crippen molar-refractivity contribution in [1.82, 2.24) is 0 Å². The summed E-state index contributed by atoms with van der Waals surface area (Å²) in [6, 6.07) is 0. The molecule has 0 amide bonds. The van der Waals surface area contributed by atoms with Crippen LogP contribution in [0, 0.1) is 0 Å². The Bertz CT molecular complexity index is 77.0. The van der Waals surface area contributed by atoms with Crippen LogP contribution in [0.5, 0.6) is 0 Å². The summed E-state index contributed by atoms with van der Waals surface area (Å²) in [4.78, 5) is 0. The fourth-order valence-electron chi connectivity index (χ4n) is 0.472. The van der Waals surface area contributed by atoms with E-state index in [0.29, 0.717) is 0 Å². The molecule has 0 aliphatic carbocycles. The van der Waals surface area contributed by atoms with Crippen LogP contribution in [0.15, 0.2) is 0 Å². The zero-order valence-corrected chi connectivity index (χ0v) is 5.38. The molecule has 0 radical (unpaired) electrons. The van der Waals surface area contributed by atoms with E-state index in [2.05, 4.69) is 0 Å². The van der Waals surface area contributed by atoms with Gasteiger partial charge in [0.2, 0.25) is 0 Å². The maximum atomic E-state index is 8.77. The minimum absolute atomic E-state index is 0. The predicted molar refractivity (Wildman–Crippen MR) is 38.9 cm³/mol. The van der Waals surface area contributed by atoms with Gasteiger partial charge in [0, 0.05) is 0 Å². The van der Waals surface area contributed by atoms with E-state index in [-0.39, 0.29) is 7.43 Å². The van der Waals surface area contributed by atoms with Gasteiger partial charge < -0.3 is 25.5 Å². The molecule has 11 heavy (non-hydrogen) atoms. The molecule has 0 fully saturated rings. The normalized spacial score (nSPS) is 18.3. The molecule has 0 aromatic carbocycles. The van der Waals surface area contributed by atoms with E-state index >= 15 is 0 Å². The molecule has 0 spiro atoms. The molecule has 5 N–H and O–H groups in total. The van der Waals surface area contributed by atoms with Crippen LogP contribution in [0.2, 0.25) is 0 Å². The monoisotopic (exact) mass is 168 g/mol. The third-order valence-electron chi connectivity index (χ3n) is 1.16. The average Bonchev–Trinajstić information content (AvgIpc) is 2.00. The van der Waals surface area contributed by atoms with Crippen LogP contribution in [0.25, 0.3) is 0 Å². The van der Waals surface area contributed by atoms with Gasteiger partial charge in [-0.25, -0.2) is 0 Å². The second-order valence-corrected chi connectivity index (χ2v) is 1.99. The quantitative estimate of drug-likeness (QED) is 0.325. The Balaban J connectivity index is 0. The first kappa shape index (κ1) is 13.4. The van der Waals surface area contributed by atoms with Crippen molar-refractivity contribution in [3.8, 4) is 0 Å². The lowest BCUT2D eigenvalue weighted by atomic mass is 10.1. The summed E-state index contributed by atoms with van der Waals surface area (Å²) >= 11 is 0. The molecule has 0 aliphatic rings. The van der Waals surface area contributed by atoms with Gasteiger partial charge in [0.05, 0.1) is 13.2 Å². The lowest BCUT2D eigenvalue weighted by Crippen LogP contribution is -2.41. The number of rotatable bonds is 4. The average molecular weight is 168 g/mol. The Labute approximate surface area is 65.5 Å². The maximum absolute atomic E-state index is 8.77. The zero-order chi connectivity index (χ0) is 8.15. The van der Waals surface area contributed by atoms with Crippen molar-refractivity contribution in [3.05, 3.63) is 0 Å². The van der Waals surface area contributed by atoms with Crippen molar-refractivity contribution < 1.29 is 25.5 Å².